The Hall–Kier alpha value is -0.130. The van der Waals surface area contributed by atoms with Crippen LogP contribution in [0.25, 0.3) is 0 Å². The Morgan fingerprint density at radius 2 is 2.15 bits per heavy atom. The van der Waals surface area contributed by atoms with Gasteiger partial charge >= 0.3 is 0 Å². The van der Waals surface area contributed by atoms with Crippen LogP contribution >= 0.6 is 0 Å². The molecule has 78 valence electrons. The predicted octanol–water partition coefficient (Wildman–Crippen LogP) is -0.675. The van der Waals surface area contributed by atoms with E-state index in [0.29, 0.717) is 18.1 Å². The monoisotopic (exact) mass is 206 g/mol. The molecule has 1 rings (SSSR count). The van der Waals surface area contributed by atoms with Crippen LogP contribution in [0.3, 0.4) is 0 Å². The van der Waals surface area contributed by atoms with Crippen LogP contribution in [0.4, 0.5) is 0 Å². The third-order valence-corrected chi connectivity index (χ3v) is 3.96. The molecule has 0 aromatic heterocycles. The Kier molecular flexibility index (Phi) is 3.70. The maximum atomic E-state index is 11.3. The van der Waals surface area contributed by atoms with E-state index in [1.807, 2.05) is 14.1 Å². The third-order valence-electron chi connectivity index (χ3n) is 2.23. The highest BCUT2D eigenvalue weighted by Crippen LogP contribution is 2.04. The van der Waals surface area contributed by atoms with Crippen LogP contribution in [0.5, 0.6) is 0 Å². The molecule has 0 bridgehead atoms. The van der Waals surface area contributed by atoms with Crippen LogP contribution in [0.2, 0.25) is 0 Å². The van der Waals surface area contributed by atoms with Crippen molar-refractivity contribution in [2.45, 2.75) is 12.5 Å². The maximum Gasteiger partial charge on any atom is 0.153 e. The number of hydrogen-bond donors (Lipinski definition) is 1. The molecule has 0 aromatic rings. The first kappa shape index (κ1) is 10.9. The molecule has 5 heteroatoms. The van der Waals surface area contributed by atoms with E-state index in [2.05, 4.69) is 10.2 Å². The largest absolute Gasteiger partial charge is 0.312 e. The highest BCUT2D eigenvalue weighted by Gasteiger charge is 2.23. The van der Waals surface area contributed by atoms with Crippen LogP contribution in [0.1, 0.15) is 6.42 Å². The summed E-state index contributed by atoms with van der Waals surface area (Å²) in [6.45, 7) is 1.55. The molecular formula is C8H18N2O2S. The molecule has 0 saturated carbocycles. The lowest BCUT2D eigenvalue weighted by Gasteiger charge is -2.24. The fourth-order valence-corrected chi connectivity index (χ4v) is 2.96. The first-order chi connectivity index (χ1) is 5.99. The van der Waals surface area contributed by atoms with Crippen molar-refractivity contribution < 1.29 is 8.42 Å². The summed E-state index contributed by atoms with van der Waals surface area (Å²) in [4.78, 5) is 2.07. The van der Waals surface area contributed by atoms with Gasteiger partial charge < -0.3 is 10.2 Å². The second kappa shape index (κ2) is 4.39. The van der Waals surface area contributed by atoms with Crippen molar-refractivity contribution in [3.05, 3.63) is 0 Å². The Morgan fingerprint density at radius 1 is 1.46 bits per heavy atom. The number of rotatable bonds is 3. The molecule has 1 atom stereocenters. The van der Waals surface area contributed by atoms with Gasteiger partial charge in [-0.3, -0.25) is 0 Å². The predicted molar refractivity (Wildman–Crippen MR) is 53.6 cm³/mol. The minimum absolute atomic E-state index is 0.154. The lowest BCUT2D eigenvalue weighted by molar-refractivity contribution is 0.365. The van der Waals surface area contributed by atoms with Crippen molar-refractivity contribution in [3.8, 4) is 0 Å². The minimum Gasteiger partial charge on any atom is -0.312 e. The van der Waals surface area contributed by atoms with E-state index < -0.39 is 9.84 Å². The summed E-state index contributed by atoms with van der Waals surface area (Å²) in [5.41, 5.74) is 0. The van der Waals surface area contributed by atoms with E-state index in [1.165, 1.54) is 0 Å². The Balaban J connectivity index is 2.35. The van der Waals surface area contributed by atoms with Gasteiger partial charge in [-0.25, -0.2) is 8.42 Å². The Labute approximate surface area is 80.2 Å². The van der Waals surface area contributed by atoms with E-state index in [9.17, 15) is 8.42 Å². The highest BCUT2D eigenvalue weighted by atomic mass is 32.2. The molecule has 1 fully saturated rings. The van der Waals surface area contributed by atoms with Crippen LogP contribution in [-0.4, -0.2) is 58.1 Å². The first-order valence-electron chi connectivity index (χ1n) is 4.58. The standard InChI is InChI=1S/C8H18N2O2S/c1-10(2)5-3-8-7-13(11,12)6-4-9-8/h8-9H,3-7H2,1-2H3. The normalized spacial score (nSPS) is 27.8. The van der Waals surface area contributed by atoms with E-state index >= 15 is 0 Å². The van der Waals surface area contributed by atoms with Gasteiger partial charge in [0.15, 0.2) is 9.84 Å². The molecule has 0 aliphatic carbocycles. The van der Waals surface area contributed by atoms with Gasteiger partial charge in [0, 0.05) is 12.6 Å². The van der Waals surface area contributed by atoms with Crippen molar-refractivity contribution in [1.29, 1.82) is 0 Å². The van der Waals surface area contributed by atoms with Crippen molar-refractivity contribution in [1.82, 2.24) is 10.2 Å². The summed E-state index contributed by atoms with van der Waals surface area (Å²) < 4.78 is 22.5. The molecule has 0 spiro atoms. The van der Waals surface area contributed by atoms with Crippen molar-refractivity contribution in [2.24, 2.45) is 0 Å². The molecule has 1 heterocycles. The van der Waals surface area contributed by atoms with Crippen LogP contribution in [0.15, 0.2) is 0 Å². The SMILES string of the molecule is CN(C)CCC1CS(=O)(=O)CCN1. The summed E-state index contributed by atoms with van der Waals surface area (Å²) in [5, 5.41) is 3.22. The van der Waals surface area contributed by atoms with Crippen LogP contribution in [0, 0.1) is 0 Å². The van der Waals surface area contributed by atoms with Gasteiger partial charge in [-0.05, 0) is 27.1 Å². The summed E-state index contributed by atoms with van der Waals surface area (Å²) in [7, 11) is 1.23. The quantitative estimate of drug-likeness (QED) is 0.665. The lowest BCUT2D eigenvalue weighted by Crippen LogP contribution is -2.46. The zero-order chi connectivity index (χ0) is 9.90. The fourth-order valence-electron chi connectivity index (χ4n) is 1.47. The molecule has 0 aromatic carbocycles. The topological polar surface area (TPSA) is 49.4 Å². The second-order valence-electron chi connectivity index (χ2n) is 3.86. The lowest BCUT2D eigenvalue weighted by atomic mass is 10.2. The van der Waals surface area contributed by atoms with Gasteiger partial charge in [-0.15, -0.1) is 0 Å². The summed E-state index contributed by atoms with van der Waals surface area (Å²) in [6, 6.07) is 0.154. The fraction of sp³-hybridized carbons (Fsp3) is 1.00. The van der Waals surface area contributed by atoms with Crippen molar-refractivity contribution in [2.75, 3.05) is 38.7 Å². The van der Waals surface area contributed by atoms with Gasteiger partial charge in [0.1, 0.15) is 0 Å². The average molecular weight is 206 g/mol. The molecule has 13 heavy (non-hydrogen) atoms. The van der Waals surface area contributed by atoms with E-state index in [4.69, 9.17) is 0 Å². The molecular weight excluding hydrogens is 188 g/mol. The molecule has 4 nitrogen and oxygen atoms in total. The number of nitrogens with zero attached hydrogens (tertiary/aromatic N) is 1. The number of nitrogens with one attached hydrogen (secondary N) is 1. The molecule has 1 aliphatic heterocycles. The minimum atomic E-state index is -2.76. The van der Waals surface area contributed by atoms with E-state index in [0.717, 1.165) is 13.0 Å². The maximum absolute atomic E-state index is 11.3. The Bertz CT molecular complexity index is 249. The second-order valence-corrected chi connectivity index (χ2v) is 6.09. The van der Waals surface area contributed by atoms with Gasteiger partial charge in [0.25, 0.3) is 0 Å². The van der Waals surface area contributed by atoms with Gasteiger partial charge in [-0.1, -0.05) is 0 Å². The molecule has 1 saturated heterocycles. The average Bonchev–Trinajstić information content (AvgIpc) is 1.99. The molecule has 0 radical (unpaired) electrons. The van der Waals surface area contributed by atoms with Gasteiger partial charge in [0.2, 0.25) is 0 Å². The Morgan fingerprint density at radius 3 is 2.69 bits per heavy atom. The smallest absolute Gasteiger partial charge is 0.153 e. The summed E-state index contributed by atoms with van der Waals surface area (Å²) in [6.07, 6.45) is 0.909. The zero-order valence-corrected chi connectivity index (χ0v) is 9.10. The summed E-state index contributed by atoms with van der Waals surface area (Å²) in [5.74, 6) is 0.603. The zero-order valence-electron chi connectivity index (χ0n) is 8.28. The van der Waals surface area contributed by atoms with Gasteiger partial charge in [-0.2, -0.15) is 0 Å². The molecule has 1 unspecified atom stereocenters. The first-order valence-corrected chi connectivity index (χ1v) is 6.40. The molecule has 1 aliphatic rings. The number of sulfone groups is 1. The van der Waals surface area contributed by atoms with Crippen molar-refractivity contribution in [3.63, 3.8) is 0 Å². The highest BCUT2D eigenvalue weighted by molar-refractivity contribution is 7.91. The molecule has 0 amide bonds. The van der Waals surface area contributed by atoms with Crippen LogP contribution in [-0.2, 0) is 9.84 Å². The number of hydrogen-bond acceptors (Lipinski definition) is 4. The van der Waals surface area contributed by atoms with E-state index in [1.54, 1.807) is 0 Å². The molecule has 1 N–H and O–H groups in total. The van der Waals surface area contributed by atoms with E-state index in [-0.39, 0.29) is 6.04 Å². The van der Waals surface area contributed by atoms with Crippen molar-refractivity contribution >= 4 is 9.84 Å². The summed E-state index contributed by atoms with van der Waals surface area (Å²) >= 11 is 0. The third kappa shape index (κ3) is 4.06. The van der Waals surface area contributed by atoms with Gasteiger partial charge in [0.05, 0.1) is 11.5 Å². The van der Waals surface area contributed by atoms with Crippen LogP contribution < -0.4 is 5.32 Å².